The van der Waals surface area contributed by atoms with Crippen LogP contribution in [0.15, 0.2) is 84.5 Å². The number of benzene rings is 3. The van der Waals surface area contributed by atoms with Crippen LogP contribution in [-0.4, -0.2) is 55.6 Å². The number of amides is 1. The molecule has 0 radical (unpaired) electrons. The van der Waals surface area contributed by atoms with Crippen LogP contribution in [0.2, 0.25) is 0 Å². The van der Waals surface area contributed by atoms with Crippen molar-refractivity contribution in [2.75, 3.05) is 13.1 Å². The zero-order valence-electron chi connectivity index (χ0n) is 26.9. The molecule has 1 aromatic heterocycles. The number of fused-ring (bicyclic) bond motifs is 2. The number of imidazole rings is 1. The first-order chi connectivity index (χ1) is 21.8. The molecule has 0 spiro atoms. The molecule has 1 aliphatic carbocycles. The molecule has 46 heavy (non-hydrogen) atoms. The Morgan fingerprint density at radius 2 is 1.57 bits per heavy atom. The lowest BCUT2D eigenvalue weighted by Crippen LogP contribution is -2.48. The van der Waals surface area contributed by atoms with Gasteiger partial charge >= 0.3 is 11.9 Å². The van der Waals surface area contributed by atoms with Gasteiger partial charge in [-0.3, -0.25) is 4.79 Å². The zero-order chi connectivity index (χ0) is 33.0. The van der Waals surface area contributed by atoms with Crippen molar-refractivity contribution in [3.63, 3.8) is 0 Å². The number of carboxylic acids is 2. The molecule has 6 rings (SSSR count). The normalized spacial score (nSPS) is 19.0. The fourth-order valence-electron chi connectivity index (χ4n) is 7.41. The van der Waals surface area contributed by atoms with Crippen LogP contribution in [0.1, 0.15) is 77.7 Å². The van der Waals surface area contributed by atoms with Gasteiger partial charge in [0.15, 0.2) is 0 Å². The molecule has 0 saturated heterocycles. The molecule has 8 heteroatoms. The van der Waals surface area contributed by atoms with Crippen molar-refractivity contribution in [1.82, 2.24) is 14.5 Å². The molecule has 2 heterocycles. The summed E-state index contributed by atoms with van der Waals surface area (Å²) in [5.41, 5.74) is 6.01. The van der Waals surface area contributed by atoms with Gasteiger partial charge in [0.05, 0.1) is 27.7 Å². The van der Waals surface area contributed by atoms with Gasteiger partial charge in [0.1, 0.15) is 5.82 Å². The SMILES string of the molecule is CC(C)Cn1c(-c2ccccc2C(=O)N2CC=C3C(C)(C)C(c4ccc(C(=O)O)cc4)=CC[C@]3(C)C2)nc2cc(C(=O)O)ccc21. The number of rotatable bonds is 7. The predicted octanol–water partition coefficient (Wildman–Crippen LogP) is 7.66. The summed E-state index contributed by atoms with van der Waals surface area (Å²) >= 11 is 0. The fraction of sp³-hybridized carbons (Fsp3) is 0.316. The second kappa shape index (κ2) is 11.4. The van der Waals surface area contributed by atoms with Crippen molar-refractivity contribution < 1.29 is 24.6 Å². The van der Waals surface area contributed by atoms with Gasteiger partial charge in [-0.2, -0.15) is 0 Å². The molecule has 3 aromatic carbocycles. The lowest BCUT2D eigenvalue weighted by molar-refractivity contribution is 0.0678. The Bertz CT molecular complexity index is 1950. The Morgan fingerprint density at radius 3 is 2.24 bits per heavy atom. The highest BCUT2D eigenvalue weighted by Crippen LogP contribution is 2.55. The molecule has 1 aliphatic heterocycles. The average molecular weight is 618 g/mol. The van der Waals surface area contributed by atoms with E-state index in [1.807, 2.05) is 41.3 Å². The van der Waals surface area contributed by atoms with Gasteiger partial charge in [-0.25, -0.2) is 14.6 Å². The fourth-order valence-corrected chi connectivity index (χ4v) is 7.41. The highest BCUT2D eigenvalue weighted by atomic mass is 16.4. The first-order valence-corrected chi connectivity index (χ1v) is 15.7. The minimum absolute atomic E-state index is 0.0710. The standard InChI is InChI=1S/C38H39N3O5/c1-23(2)21-41-31-15-14-26(36(45)46)20-30(31)39-33(41)27-8-6-7-9-28(27)34(42)40-19-17-32-37(3,4)29(16-18-38(32,5)22-40)24-10-12-25(13-11-24)35(43)44/h6-17,20,23H,18-19,21-22H2,1-5H3,(H,43,44)(H,45,46)/t38-/m1/s1. The summed E-state index contributed by atoms with van der Waals surface area (Å²) < 4.78 is 2.09. The molecule has 0 bridgehead atoms. The van der Waals surface area contributed by atoms with Crippen molar-refractivity contribution >= 4 is 34.5 Å². The van der Waals surface area contributed by atoms with Crippen LogP contribution in [0.25, 0.3) is 28.0 Å². The number of aromatic carboxylic acids is 2. The summed E-state index contributed by atoms with van der Waals surface area (Å²) in [5, 5.41) is 18.9. The van der Waals surface area contributed by atoms with E-state index in [0.29, 0.717) is 42.5 Å². The zero-order valence-corrected chi connectivity index (χ0v) is 26.9. The third kappa shape index (κ3) is 5.31. The van der Waals surface area contributed by atoms with Crippen LogP contribution >= 0.6 is 0 Å². The van der Waals surface area contributed by atoms with Crippen LogP contribution in [0, 0.1) is 16.7 Å². The minimum atomic E-state index is -1.01. The van der Waals surface area contributed by atoms with Crippen molar-refractivity contribution in [2.24, 2.45) is 16.7 Å². The van der Waals surface area contributed by atoms with Gasteiger partial charge in [-0.15, -0.1) is 0 Å². The first kappa shape index (κ1) is 31.0. The number of hydrogen-bond donors (Lipinski definition) is 2. The minimum Gasteiger partial charge on any atom is -0.478 e. The maximum Gasteiger partial charge on any atom is 0.335 e. The molecule has 8 nitrogen and oxygen atoms in total. The van der Waals surface area contributed by atoms with Crippen LogP contribution in [0.4, 0.5) is 0 Å². The molecule has 0 unspecified atom stereocenters. The number of allylic oxidation sites excluding steroid dienone is 2. The van der Waals surface area contributed by atoms with E-state index in [4.69, 9.17) is 4.98 Å². The number of carboxylic acid groups (broad SMARTS) is 2. The van der Waals surface area contributed by atoms with E-state index in [1.165, 1.54) is 5.57 Å². The predicted molar refractivity (Wildman–Crippen MR) is 179 cm³/mol. The van der Waals surface area contributed by atoms with E-state index in [2.05, 4.69) is 51.3 Å². The van der Waals surface area contributed by atoms with Crippen LogP contribution in [0.5, 0.6) is 0 Å². The number of carbonyl (C=O) groups is 3. The Hall–Kier alpha value is -4.98. The molecular weight excluding hydrogens is 578 g/mol. The van der Waals surface area contributed by atoms with Crippen molar-refractivity contribution in [3.8, 4) is 11.4 Å². The van der Waals surface area contributed by atoms with E-state index in [-0.39, 0.29) is 27.9 Å². The van der Waals surface area contributed by atoms with E-state index >= 15 is 0 Å². The number of aromatic nitrogens is 2. The van der Waals surface area contributed by atoms with Crippen LogP contribution in [-0.2, 0) is 6.54 Å². The second-order valence-electron chi connectivity index (χ2n) is 13.7. The third-order valence-corrected chi connectivity index (χ3v) is 9.48. The summed E-state index contributed by atoms with van der Waals surface area (Å²) in [7, 11) is 0. The maximum atomic E-state index is 14.4. The van der Waals surface area contributed by atoms with Gasteiger partial charge in [-0.1, -0.05) is 82.7 Å². The Labute approximate surface area is 268 Å². The molecule has 2 N–H and O–H groups in total. The summed E-state index contributed by atoms with van der Waals surface area (Å²) in [6, 6.07) is 19.6. The largest absolute Gasteiger partial charge is 0.478 e. The first-order valence-electron chi connectivity index (χ1n) is 15.7. The van der Waals surface area contributed by atoms with E-state index in [1.54, 1.807) is 30.3 Å². The van der Waals surface area contributed by atoms with Crippen molar-refractivity contribution in [1.29, 1.82) is 0 Å². The molecule has 236 valence electrons. The van der Waals surface area contributed by atoms with Gasteiger partial charge in [-0.05, 0) is 59.9 Å². The topological polar surface area (TPSA) is 113 Å². The Kier molecular flexibility index (Phi) is 7.71. The van der Waals surface area contributed by atoms with Gasteiger partial charge in [0.2, 0.25) is 0 Å². The Morgan fingerprint density at radius 1 is 0.891 bits per heavy atom. The van der Waals surface area contributed by atoms with E-state index in [0.717, 1.165) is 28.6 Å². The lowest BCUT2D eigenvalue weighted by atomic mass is 9.58. The summed E-state index contributed by atoms with van der Waals surface area (Å²) in [4.78, 5) is 44.2. The Balaban J connectivity index is 1.34. The highest BCUT2D eigenvalue weighted by molar-refractivity contribution is 6.01. The highest BCUT2D eigenvalue weighted by Gasteiger charge is 2.46. The van der Waals surface area contributed by atoms with Crippen molar-refractivity contribution in [2.45, 2.75) is 47.6 Å². The average Bonchev–Trinajstić information content (AvgIpc) is 3.37. The smallest absolute Gasteiger partial charge is 0.335 e. The molecule has 0 fully saturated rings. The molecule has 0 saturated carbocycles. The molecule has 1 atom stereocenters. The molecule has 1 amide bonds. The van der Waals surface area contributed by atoms with Crippen LogP contribution in [0.3, 0.4) is 0 Å². The molecular formula is C38H39N3O5. The van der Waals surface area contributed by atoms with Gasteiger partial charge in [0.25, 0.3) is 5.91 Å². The van der Waals surface area contributed by atoms with Gasteiger partial charge < -0.3 is 19.7 Å². The van der Waals surface area contributed by atoms with Crippen LogP contribution < -0.4 is 0 Å². The lowest BCUT2D eigenvalue weighted by Gasteiger charge is -2.50. The summed E-state index contributed by atoms with van der Waals surface area (Å²) in [5.74, 6) is -1.08. The quantitative estimate of drug-likeness (QED) is 0.206. The summed E-state index contributed by atoms with van der Waals surface area (Å²) in [6.07, 6.45) is 5.19. The van der Waals surface area contributed by atoms with E-state index < -0.39 is 11.9 Å². The number of nitrogens with zero attached hydrogens (tertiary/aromatic N) is 3. The number of carbonyl (C=O) groups excluding carboxylic acids is 1. The summed E-state index contributed by atoms with van der Waals surface area (Å²) in [6.45, 7) is 12.6. The molecule has 2 aliphatic rings. The maximum absolute atomic E-state index is 14.4. The van der Waals surface area contributed by atoms with E-state index in [9.17, 15) is 24.6 Å². The monoisotopic (exact) mass is 617 g/mol. The van der Waals surface area contributed by atoms with Crippen molar-refractivity contribution in [3.05, 3.63) is 107 Å². The second-order valence-corrected chi connectivity index (χ2v) is 13.7. The molecule has 4 aromatic rings. The third-order valence-electron chi connectivity index (χ3n) is 9.48. The van der Waals surface area contributed by atoms with Gasteiger partial charge in [0, 0.05) is 36.0 Å². The number of hydrogen-bond acceptors (Lipinski definition) is 4.